The second-order valence-corrected chi connectivity index (χ2v) is 16.1. The summed E-state index contributed by atoms with van der Waals surface area (Å²) in [6, 6.07) is 10.1. The predicted molar refractivity (Wildman–Crippen MR) is 207 cm³/mol. The lowest BCUT2D eigenvalue weighted by molar-refractivity contribution is -0.138. The van der Waals surface area contributed by atoms with Crippen LogP contribution in [0.4, 0.5) is 18.9 Å². The molecule has 20 nitrogen and oxygen atoms in total. The number of nitrogens with zero attached hydrogens (tertiary/aromatic N) is 2. The molecule has 320 valence electrons. The molecule has 3 aromatic carbocycles. The predicted octanol–water partition coefficient (Wildman–Crippen LogP) is 3.29. The van der Waals surface area contributed by atoms with Crippen LogP contribution in [0.3, 0.4) is 0 Å². The van der Waals surface area contributed by atoms with Crippen molar-refractivity contribution in [1.29, 1.82) is 5.41 Å². The zero-order valence-electron chi connectivity index (χ0n) is 30.6. The van der Waals surface area contributed by atoms with E-state index in [1.54, 1.807) is 0 Å². The Bertz CT molecular complexity index is 3500. The molecular formula is C37H25F3N6O14S2. The Morgan fingerprint density at radius 2 is 1.58 bits per heavy atom. The Labute approximate surface area is 342 Å². The number of amides is 1. The number of aromatic carboxylic acids is 1. The molecule has 7 rings (SSSR count). The molecule has 2 aromatic heterocycles. The molecule has 0 fully saturated rings. The van der Waals surface area contributed by atoms with Gasteiger partial charge in [-0.3, -0.25) is 38.3 Å². The van der Waals surface area contributed by atoms with Crippen LogP contribution in [0, 0.1) is 5.41 Å². The first-order chi connectivity index (χ1) is 28.9. The summed E-state index contributed by atoms with van der Waals surface area (Å²) in [5.74, 6) is -4.96. The van der Waals surface area contributed by atoms with Crippen molar-refractivity contribution in [2.75, 3.05) is 5.73 Å². The number of benzene rings is 4. The average Bonchev–Trinajstić information content (AvgIpc) is 3.64. The van der Waals surface area contributed by atoms with Gasteiger partial charge in [0, 0.05) is 41.0 Å². The van der Waals surface area contributed by atoms with Crippen LogP contribution in [-0.2, 0) is 44.3 Å². The van der Waals surface area contributed by atoms with Crippen LogP contribution >= 0.6 is 0 Å². The number of carboxylic acid groups (broad SMARTS) is 2. The number of alkyl halides is 3. The van der Waals surface area contributed by atoms with Gasteiger partial charge in [-0.25, -0.2) is 4.79 Å². The normalized spacial score (nSPS) is 12.3. The summed E-state index contributed by atoms with van der Waals surface area (Å²) >= 11 is 0. The maximum atomic E-state index is 14.3. The molecule has 1 aliphatic heterocycles. The van der Waals surface area contributed by atoms with Gasteiger partial charge in [-0.15, -0.1) is 0 Å². The molecule has 0 unspecified atom stereocenters. The van der Waals surface area contributed by atoms with Gasteiger partial charge in [0.1, 0.15) is 6.54 Å². The lowest BCUT2D eigenvalue weighted by Crippen LogP contribution is -2.38. The van der Waals surface area contributed by atoms with Crippen molar-refractivity contribution in [2.45, 2.75) is 29.1 Å². The maximum absolute atomic E-state index is 14.3. The quantitative estimate of drug-likeness (QED) is 0.0423. The van der Waals surface area contributed by atoms with Crippen molar-refractivity contribution in [2.24, 2.45) is 0 Å². The van der Waals surface area contributed by atoms with Gasteiger partial charge in [-0.2, -0.15) is 30.0 Å². The van der Waals surface area contributed by atoms with E-state index in [-0.39, 0.29) is 45.3 Å². The van der Waals surface area contributed by atoms with Crippen molar-refractivity contribution in [1.82, 2.24) is 19.4 Å². The fourth-order valence-corrected chi connectivity index (χ4v) is 8.38. The number of aromatic nitrogens is 3. The second-order valence-electron chi connectivity index (χ2n) is 13.4. The summed E-state index contributed by atoms with van der Waals surface area (Å²) in [6.07, 6.45) is -2.69. The summed E-state index contributed by atoms with van der Waals surface area (Å²) in [6.45, 7) is -1.41. The highest BCUT2D eigenvalue weighted by Crippen LogP contribution is 2.46. The molecule has 3 heterocycles. The highest BCUT2D eigenvalue weighted by molar-refractivity contribution is 7.86. The summed E-state index contributed by atoms with van der Waals surface area (Å²) in [5.41, 5.74) is -2.43. The van der Waals surface area contributed by atoms with Gasteiger partial charge in [0.05, 0.1) is 38.9 Å². The van der Waals surface area contributed by atoms with Crippen molar-refractivity contribution < 1.29 is 68.1 Å². The number of carbonyl (C=O) groups is 3. The Hall–Kier alpha value is -7.61. The molecule has 2 aliphatic rings. The molecule has 0 saturated carbocycles. The molecule has 1 aliphatic carbocycles. The topological polar surface area (TPSA) is 335 Å². The molecule has 0 spiro atoms. The summed E-state index contributed by atoms with van der Waals surface area (Å²) in [7, 11) is -10.5. The van der Waals surface area contributed by atoms with E-state index < -0.39 is 116 Å². The van der Waals surface area contributed by atoms with E-state index >= 15 is 0 Å². The second kappa shape index (κ2) is 14.8. The van der Waals surface area contributed by atoms with E-state index in [0.29, 0.717) is 10.6 Å². The molecule has 62 heavy (non-hydrogen) atoms. The Morgan fingerprint density at radius 1 is 0.903 bits per heavy atom. The van der Waals surface area contributed by atoms with Crippen molar-refractivity contribution in [3.05, 3.63) is 121 Å². The summed E-state index contributed by atoms with van der Waals surface area (Å²) < 4.78 is 120. The number of aliphatic carboxylic acids is 1. The third-order valence-electron chi connectivity index (χ3n) is 9.47. The van der Waals surface area contributed by atoms with Crippen LogP contribution in [0.15, 0.2) is 96.9 Å². The minimum atomic E-state index is -5.29. The van der Waals surface area contributed by atoms with Crippen LogP contribution < -0.4 is 27.5 Å². The largest absolute Gasteiger partial charge is 0.480 e. The number of nitrogens with one attached hydrogen (secondary N) is 3. The number of nitrogen functional groups attached to an aromatic ring is 1. The van der Waals surface area contributed by atoms with Crippen LogP contribution in [0.1, 0.15) is 31.8 Å². The van der Waals surface area contributed by atoms with Crippen LogP contribution in [-0.4, -0.2) is 68.1 Å². The number of rotatable bonds is 10. The smallest absolute Gasteiger partial charge is 0.418 e. The number of carbonyl (C=O) groups excluding carboxylic acids is 1. The molecule has 25 heteroatoms. The Morgan fingerprint density at radius 3 is 2.21 bits per heavy atom. The number of fused-ring (bicyclic) bond motifs is 3. The number of hydrogen-bond acceptors (Lipinski definition) is 12. The number of halogens is 3. The fourth-order valence-electron chi connectivity index (χ4n) is 6.90. The fraction of sp³-hybridized carbons (Fsp3) is 0.0811. The zero-order chi connectivity index (χ0) is 45.4. The zero-order valence-corrected chi connectivity index (χ0v) is 32.3. The van der Waals surface area contributed by atoms with Crippen LogP contribution in [0.5, 0.6) is 0 Å². The SMILES string of the molecule is N=c1ccc2c(-c3ccc(C(=O)NCc4ccn(-c5cc6c(cc5C(F)(F)F)[nH]c(=O)c(=O)n6CC(=O)O)c4)cc3C(=O)O)c3ccc(N)c(S(=O)(=O)O)c3oc-2c1S(=O)(=O)O. The van der Waals surface area contributed by atoms with Gasteiger partial charge in [0.15, 0.2) is 21.1 Å². The van der Waals surface area contributed by atoms with Crippen LogP contribution in [0.2, 0.25) is 0 Å². The van der Waals surface area contributed by atoms with E-state index in [1.807, 2.05) is 4.98 Å². The monoisotopic (exact) mass is 898 g/mol. The molecule has 0 atom stereocenters. The van der Waals surface area contributed by atoms with Gasteiger partial charge < -0.3 is 35.2 Å². The first-order valence-electron chi connectivity index (χ1n) is 17.1. The van der Waals surface area contributed by atoms with Gasteiger partial charge in [0.2, 0.25) is 0 Å². The standard InChI is InChI=1S/C37H25F3N6O14S2/c38-37(39,40)21-10-24-26(46(14-27(47)48)35(51)34(50)44-24)11-25(21)45-8-7-15(13-45)12-43-33(49)16-1-2-17(20(9-16)36(52)53)28-18-3-5-22(41)31(61(54,55)56)29(18)60-30-19(28)4-6-23(42)32(30)62(57,58)59/h1-11,13,41H,12,14,42H2,(H,43,49)(H,44,50)(H,47,48)(H,52,53)(H,54,55,56)(H,57,58,59). The first kappa shape index (κ1) is 42.5. The minimum Gasteiger partial charge on any atom is -0.480 e. The van der Waals surface area contributed by atoms with Gasteiger partial charge in [-0.05, 0) is 65.7 Å². The average molecular weight is 899 g/mol. The third-order valence-corrected chi connectivity index (χ3v) is 11.3. The molecule has 5 aromatic rings. The Balaban J connectivity index is 1.29. The number of carboxylic acids is 2. The van der Waals surface area contributed by atoms with Crippen molar-refractivity contribution in [3.63, 3.8) is 0 Å². The van der Waals surface area contributed by atoms with Crippen molar-refractivity contribution >= 4 is 65.8 Å². The van der Waals surface area contributed by atoms with Crippen molar-refractivity contribution in [3.8, 4) is 28.1 Å². The number of hydrogen-bond donors (Lipinski definition) is 8. The maximum Gasteiger partial charge on any atom is 0.418 e. The highest BCUT2D eigenvalue weighted by Gasteiger charge is 2.36. The van der Waals surface area contributed by atoms with Gasteiger partial charge in [-0.1, -0.05) is 6.07 Å². The number of aromatic amines is 1. The molecule has 9 N–H and O–H groups in total. The molecular weight excluding hydrogens is 874 g/mol. The van der Waals surface area contributed by atoms with E-state index in [4.69, 9.17) is 15.6 Å². The number of H-pyrrole nitrogens is 1. The highest BCUT2D eigenvalue weighted by atomic mass is 32.2. The molecule has 1 amide bonds. The first-order valence-corrected chi connectivity index (χ1v) is 20.0. The van der Waals surface area contributed by atoms with E-state index in [2.05, 4.69) is 5.32 Å². The number of anilines is 1. The summed E-state index contributed by atoms with van der Waals surface area (Å²) in [4.78, 5) is 62.1. The molecule has 0 saturated heterocycles. The molecule has 0 radical (unpaired) electrons. The minimum absolute atomic E-state index is 0.189. The van der Waals surface area contributed by atoms with Crippen LogP contribution in [0.25, 0.3) is 50.1 Å². The summed E-state index contributed by atoms with van der Waals surface area (Å²) in [5, 5.41) is 29.2. The third kappa shape index (κ3) is 7.55. The van der Waals surface area contributed by atoms with E-state index in [9.17, 15) is 73.3 Å². The van der Waals surface area contributed by atoms with Gasteiger partial charge >= 0.3 is 29.2 Å². The number of nitrogens with two attached hydrogens (primary N) is 1. The lowest BCUT2D eigenvalue weighted by atomic mass is 9.89. The Kier molecular flexibility index (Phi) is 10.2. The molecule has 0 bridgehead atoms. The van der Waals surface area contributed by atoms with E-state index in [0.717, 1.165) is 47.0 Å². The lowest BCUT2D eigenvalue weighted by Gasteiger charge is -2.20. The van der Waals surface area contributed by atoms with Gasteiger partial charge in [0.25, 0.3) is 26.1 Å². The van der Waals surface area contributed by atoms with E-state index in [1.165, 1.54) is 24.5 Å².